The summed E-state index contributed by atoms with van der Waals surface area (Å²) in [6, 6.07) is 9.63. The van der Waals surface area contributed by atoms with Crippen molar-refractivity contribution in [3.05, 3.63) is 53.0 Å². The highest BCUT2D eigenvalue weighted by atomic mass is 16.5. The Kier molecular flexibility index (Phi) is 5.51. The average molecular weight is 393 g/mol. The summed E-state index contributed by atoms with van der Waals surface area (Å²) in [5.74, 6) is 0.861. The van der Waals surface area contributed by atoms with E-state index in [-0.39, 0.29) is 5.91 Å². The van der Waals surface area contributed by atoms with E-state index in [1.165, 1.54) is 12.8 Å². The number of hydrogen-bond donors (Lipinski definition) is 1. The molecule has 0 radical (unpaired) electrons. The molecule has 2 heterocycles. The lowest BCUT2D eigenvalue weighted by atomic mass is 10.1. The number of ether oxygens (including phenoxy) is 1. The monoisotopic (exact) mass is 392 g/mol. The molecule has 152 valence electrons. The Morgan fingerprint density at radius 2 is 1.90 bits per heavy atom. The molecule has 0 aliphatic heterocycles. The minimum Gasteiger partial charge on any atom is -0.490 e. The van der Waals surface area contributed by atoms with Crippen molar-refractivity contribution in [2.75, 3.05) is 5.32 Å². The molecule has 1 amide bonds. The summed E-state index contributed by atoms with van der Waals surface area (Å²) in [6.07, 6.45) is 6.14. The molecule has 4 rings (SSSR count). The topological polar surface area (TPSA) is 68.5 Å². The van der Waals surface area contributed by atoms with Crippen LogP contribution in [0.4, 0.5) is 5.69 Å². The fraction of sp³-hybridized carbons (Fsp3) is 0.435. The quantitative estimate of drug-likeness (QED) is 0.668. The molecule has 0 spiro atoms. The van der Waals surface area contributed by atoms with Gasteiger partial charge in [0.25, 0.3) is 0 Å². The fourth-order valence-corrected chi connectivity index (χ4v) is 4.08. The van der Waals surface area contributed by atoms with Crippen LogP contribution in [0.1, 0.15) is 54.7 Å². The van der Waals surface area contributed by atoms with Crippen LogP contribution in [0, 0.1) is 20.8 Å². The zero-order chi connectivity index (χ0) is 20.4. The van der Waals surface area contributed by atoms with Crippen LogP contribution in [0.15, 0.2) is 30.3 Å². The number of amides is 1. The first-order chi connectivity index (χ1) is 14.0. The van der Waals surface area contributed by atoms with Crippen LogP contribution in [0.25, 0.3) is 5.65 Å². The van der Waals surface area contributed by atoms with Crippen molar-refractivity contribution >= 4 is 17.2 Å². The molecule has 0 atom stereocenters. The number of carbonyl (C=O) groups is 1. The number of benzene rings is 1. The number of fused-ring (bicyclic) bond motifs is 1. The number of anilines is 1. The highest BCUT2D eigenvalue weighted by Gasteiger charge is 2.16. The number of hydrogen-bond acceptors (Lipinski definition) is 4. The molecule has 6 heteroatoms. The van der Waals surface area contributed by atoms with Gasteiger partial charge in [0.2, 0.25) is 5.91 Å². The Bertz CT molecular complexity index is 1020. The molecule has 0 saturated heterocycles. The molecule has 3 aromatic rings. The van der Waals surface area contributed by atoms with Crippen molar-refractivity contribution in [3.63, 3.8) is 0 Å². The van der Waals surface area contributed by atoms with E-state index in [1.54, 1.807) is 0 Å². The summed E-state index contributed by atoms with van der Waals surface area (Å²) in [6.45, 7) is 5.98. The molecule has 1 aromatic carbocycles. The summed E-state index contributed by atoms with van der Waals surface area (Å²) in [5, 5.41) is 7.47. The van der Waals surface area contributed by atoms with Crippen molar-refractivity contribution in [1.29, 1.82) is 0 Å². The molecular formula is C23H28N4O2. The summed E-state index contributed by atoms with van der Waals surface area (Å²) in [5.41, 5.74) is 5.66. The number of nitrogens with zero attached hydrogens (tertiary/aromatic N) is 3. The molecule has 2 aromatic heterocycles. The van der Waals surface area contributed by atoms with Gasteiger partial charge in [-0.15, -0.1) is 0 Å². The van der Waals surface area contributed by atoms with Gasteiger partial charge in [-0.25, -0.2) is 9.50 Å². The summed E-state index contributed by atoms with van der Waals surface area (Å²) >= 11 is 0. The lowest BCUT2D eigenvalue weighted by Crippen LogP contribution is -2.14. The largest absolute Gasteiger partial charge is 0.490 e. The van der Waals surface area contributed by atoms with Gasteiger partial charge in [0.1, 0.15) is 5.75 Å². The maximum atomic E-state index is 12.5. The molecule has 29 heavy (non-hydrogen) atoms. The van der Waals surface area contributed by atoms with Crippen molar-refractivity contribution in [2.24, 2.45) is 0 Å². The van der Waals surface area contributed by atoms with Crippen molar-refractivity contribution in [3.8, 4) is 5.75 Å². The Balaban J connectivity index is 1.36. The molecule has 6 nitrogen and oxygen atoms in total. The number of nitrogens with one attached hydrogen (secondary N) is 1. The normalized spacial score (nSPS) is 14.4. The van der Waals surface area contributed by atoms with E-state index < -0.39 is 0 Å². The smallest absolute Gasteiger partial charge is 0.224 e. The maximum absolute atomic E-state index is 12.5. The Morgan fingerprint density at radius 3 is 2.62 bits per heavy atom. The van der Waals surface area contributed by atoms with E-state index in [1.807, 2.05) is 55.6 Å². The molecule has 1 N–H and O–H groups in total. The standard InChI is InChI=1S/C23H28N4O2/c1-15-14-22-24-16(2)21(17(3)27(22)26-15)12-13-23(28)25-18-8-10-20(11-9-18)29-19-6-4-5-7-19/h8-11,14,19H,4-7,12-13H2,1-3H3,(H,25,28). The second kappa shape index (κ2) is 8.23. The second-order valence-corrected chi connectivity index (χ2v) is 7.91. The van der Waals surface area contributed by atoms with Crippen LogP contribution in [-0.2, 0) is 11.2 Å². The van der Waals surface area contributed by atoms with E-state index in [2.05, 4.69) is 15.4 Å². The molecule has 1 aliphatic rings. The van der Waals surface area contributed by atoms with Gasteiger partial charge in [-0.2, -0.15) is 5.10 Å². The first-order valence-corrected chi connectivity index (χ1v) is 10.4. The SMILES string of the molecule is Cc1cc2nc(C)c(CCC(=O)Nc3ccc(OC4CCCC4)cc3)c(C)n2n1. The number of aryl methyl sites for hydroxylation is 3. The fourth-order valence-electron chi connectivity index (χ4n) is 4.08. The maximum Gasteiger partial charge on any atom is 0.224 e. The van der Waals surface area contributed by atoms with Crippen LogP contribution in [-0.4, -0.2) is 26.6 Å². The summed E-state index contributed by atoms with van der Waals surface area (Å²) in [7, 11) is 0. The third kappa shape index (κ3) is 4.42. The van der Waals surface area contributed by atoms with Crippen LogP contribution < -0.4 is 10.1 Å². The van der Waals surface area contributed by atoms with Gasteiger partial charge in [-0.1, -0.05) is 0 Å². The van der Waals surface area contributed by atoms with E-state index in [4.69, 9.17) is 4.74 Å². The van der Waals surface area contributed by atoms with Gasteiger partial charge in [-0.3, -0.25) is 4.79 Å². The van der Waals surface area contributed by atoms with Gasteiger partial charge in [0.05, 0.1) is 11.8 Å². The molecule has 1 saturated carbocycles. The van der Waals surface area contributed by atoms with Crippen LogP contribution in [0.2, 0.25) is 0 Å². The van der Waals surface area contributed by atoms with Crippen LogP contribution in [0.3, 0.4) is 0 Å². The van der Waals surface area contributed by atoms with E-state index in [0.29, 0.717) is 18.9 Å². The average Bonchev–Trinajstić information content (AvgIpc) is 3.32. The Hall–Kier alpha value is -2.89. The predicted octanol–water partition coefficient (Wildman–Crippen LogP) is 4.55. The van der Waals surface area contributed by atoms with Gasteiger partial charge in [0.15, 0.2) is 5.65 Å². The highest BCUT2D eigenvalue weighted by Crippen LogP contribution is 2.25. The molecule has 1 aliphatic carbocycles. The number of carbonyl (C=O) groups excluding carboxylic acids is 1. The van der Waals surface area contributed by atoms with Crippen LogP contribution in [0.5, 0.6) is 5.75 Å². The third-order valence-electron chi connectivity index (χ3n) is 5.63. The van der Waals surface area contributed by atoms with Crippen molar-refractivity contribution in [1.82, 2.24) is 14.6 Å². The molecule has 0 bridgehead atoms. The highest BCUT2D eigenvalue weighted by molar-refractivity contribution is 5.90. The zero-order valence-electron chi connectivity index (χ0n) is 17.4. The lowest BCUT2D eigenvalue weighted by molar-refractivity contribution is -0.116. The van der Waals surface area contributed by atoms with E-state index >= 15 is 0 Å². The third-order valence-corrected chi connectivity index (χ3v) is 5.63. The van der Waals surface area contributed by atoms with E-state index in [9.17, 15) is 4.79 Å². The van der Waals surface area contributed by atoms with Crippen molar-refractivity contribution < 1.29 is 9.53 Å². The number of rotatable bonds is 6. The van der Waals surface area contributed by atoms with Gasteiger partial charge < -0.3 is 10.1 Å². The predicted molar refractivity (Wildman–Crippen MR) is 113 cm³/mol. The first-order valence-electron chi connectivity index (χ1n) is 10.4. The van der Waals surface area contributed by atoms with E-state index in [0.717, 1.165) is 52.6 Å². The Morgan fingerprint density at radius 1 is 1.17 bits per heavy atom. The minimum atomic E-state index is -0.00926. The summed E-state index contributed by atoms with van der Waals surface area (Å²) in [4.78, 5) is 17.1. The van der Waals surface area contributed by atoms with Gasteiger partial charge >= 0.3 is 0 Å². The van der Waals surface area contributed by atoms with Crippen LogP contribution >= 0.6 is 0 Å². The molecule has 1 fully saturated rings. The van der Waals surface area contributed by atoms with Crippen molar-refractivity contribution in [2.45, 2.75) is 65.4 Å². The summed E-state index contributed by atoms with van der Waals surface area (Å²) < 4.78 is 7.84. The Labute approximate surface area is 171 Å². The second-order valence-electron chi connectivity index (χ2n) is 7.91. The minimum absolute atomic E-state index is 0.00926. The molecular weight excluding hydrogens is 364 g/mol. The number of aromatic nitrogens is 3. The van der Waals surface area contributed by atoms with Gasteiger partial charge in [-0.05, 0) is 82.7 Å². The molecule has 0 unspecified atom stereocenters. The van der Waals surface area contributed by atoms with Gasteiger partial charge in [0, 0.05) is 29.6 Å². The zero-order valence-corrected chi connectivity index (χ0v) is 17.4. The lowest BCUT2D eigenvalue weighted by Gasteiger charge is -2.14. The first kappa shape index (κ1) is 19.4.